The van der Waals surface area contributed by atoms with Gasteiger partial charge in [-0.15, -0.1) is 11.8 Å². The number of esters is 1. The van der Waals surface area contributed by atoms with Crippen molar-refractivity contribution < 1.29 is 19.1 Å². The lowest BCUT2D eigenvalue weighted by Gasteiger charge is -2.25. The van der Waals surface area contributed by atoms with E-state index in [0.717, 1.165) is 0 Å². The lowest BCUT2D eigenvalue weighted by Crippen LogP contribution is -2.39. The molecule has 0 unspecified atom stereocenters. The highest BCUT2D eigenvalue weighted by Crippen LogP contribution is 2.23. The number of hydrogen-bond acceptors (Lipinski definition) is 5. The molecule has 0 bridgehead atoms. The Bertz CT molecular complexity index is 293. The van der Waals surface area contributed by atoms with Crippen molar-refractivity contribution in [3.63, 3.8) is 0 Å². The minimum atomic E-state index is -0.421. The average Bonchev–Trinajstić information content (AvgIpc) is 2.30. The Morgan fingerprint density at radius 2 is 2.31 bits per heavy atom. The fraction of sp³-hybridized carbons (Fsp3) is 0.600. The molecule has 0 radical (unpaired) electrons. The fourth-order valence-electron chi connectivity index (χ4n) is 1.27. The number of methoxy groups -OCH3 is 2. The topological polar surface area (TPSA) is 55.8 Å². The maximum absolute atomic E-state index is 11.9. The Morgan fingerprint density at radius 1 is 1.56 bits per heavy atom. The maximum Gasteiger partial charge on any atom is 0.325 e. The average molecular weight is 245 g/mol. The van der Waals surface area contributed by atoms with E-state index in [1.54, 1.807) is 13.3 Å². The second-order valence-electron chi connectivity index (χ2n) is 3.23. The quantitative estimate of drug-likeness (QED) is 0.664. The summed E-state index contributed by atoms with van der Waals surface area (Å²) in [6, 6.07) is 0. The van der Waals surface area contributed by atoms with Crippen molar-refractivity contribution in [2.24, 2.45) is 0 Å². The van der Waals surface area contributed by atoms with Crippen LogP contribution < -0.4 is 0 Å². The van der Waals surface area contributed by atoms with Gasteiger partial charge in [0.05, 0.1) is 12.4 Å². The number of carbonyl (C=O) groups excluding carboxylic acids is 2. The molecule has 0 aliphatic carbocycles. The van der Waals surface area contributed by atoms with Gasteiger partial charge >= 0.3 is 5.97 Å². The van der Waals surface area contributed by atoms with E-state index in [0.29, 0.717) is 13.0 Å². The van der Waals surface area contributed by atoms with E-state index in [2.05, 4.69) is 4.74 Å². The third-order valence-corrected chi connectivity index (χ3v) is 3.20. The molecule has 0 fully saturated rings. The number of ether oxygens (including phenoxy) is 2. The normalized spacial score (nSPS) is 20.0. The molecule has 0 aromatic carbocycles. The highest BCUT2D eigenvalue weighted by atomic mass is 32.2. The van der Waals surface area contributed by atoms with Crippen LogP contribution >= 0.6 is 11.8 Å². The second kappa shape index (κ2) is 6.55. The van der Waals surface area contributed by atoms with Crippen LogP contribution in [0, 0.1) is 0 Å². The minimum absolute atomic E-state index is 0.0319. The predicted octanol–water partition coefficient (Wildman–Crippen LogP) is 0.611. The lowest BCUT2D eigenvalue weighted by atomic mass is 10.2. The number of amides is 1. The Morgan fingerprint density at radius 3 is 2.94 bits per heavy atom. The molecule has 0 saturated carbocycles. The van der Waals surface area contributed by atoms with Gasteiger partial charge in [0.15, 0.2) is 0 Å². The van der Waals surface area contributed by atoms with Crippen LogP contribution in [0.4, 0.5) is 0 Å². The van der Waals surface area contributed by atoms with Gasteiger partial charge in [0.25, 0.3) is 0 Å². The van der Waals surface area contributed by atoms with Gasteiger partial charge < -0.3 is 14.4 Å². The lowest BCUT2D eigenvalue weighted by molar-refractivity contribution is -0.145. The van der Waals surface area contributed by atoms with Crippen LogP contribution in [0.15, 0.2) is 11.6 Å². The van der Waals surface area contributed by atoms with Crippen LogP contribution in [0.3, 0.4) is 0 Å². The minimum Gasteiger partial charge on any atom is -0.468 e. The summed E-state index contributed by atoms with van der Waals surface area (Å²) in [5.74, 6) is -0.495. The first-order valence-electron chi connectivity index (χ1n) is 4.87. The molecule has 1 heterocycles. The third-order valence-electron chi connectivity index (χ3n) is 2.15. The molecule has 0 aromatic heterocycles. The predicted molar refractivity (Wildman–Crippen MR) is 60.7 cm³/mol. The van der Waals surface area contributed by atoms with E-state index < -0.39 is 5.97 Å². The van der Waals surface area contributed by atoms with E-state index in [9.17, 15) is 9.59 Å². The molecule has 0 saturated heterocycles. The number of nitrogens with zero attached hydrogens (tertiary/aromatic N) is 1. The summed E-state index contributed by atoms with van der Waals surface area (Å²) in [6.07, 6.45) is 2.25. The molecule has 90 valence electrons. The molecule has 0 spiro atoms. The molecule has 1 aliphatic rings. The Labute approximate surface area is 98.8 Å². The monoisotopic (exact) mass is 245 g/mol. The van der Waals surface area contributed by atoms with Crippen LogP contribution in [-0.2, 0) is 19.1 Å². The summed E-state index contributed by atoms with van der Waals surface area (Å²) in [5, 5.41) is 1.64. The van der Waals surface area contributed by atoms with Crippen LogP contribution in [0.1, 0.15) is 6.42 Å². The van der Waals surface area contributed by atoms with Gasteiger partial charge in [-0.25, -0.2) is 0 Å². The summed E-state index contributed by atoms with van der Waals surface area (Å²) in [4.78, 5) is 24.3. The van der Waals surface area contributed by atoms with Crippen LogP contribution in [0.2, 0.25) is 0 Å². The molecular formula is C10H15NO4S. The standard InChI is InChI=1S/C10H15NO4S/c1-14-5-3-8-10(13)11(4-6-16-8)7-9(12)15-2/h4,6,8H,3,5,7H2,1-2H3/t8-/m0/s1. The molecule has 0 N–H and O–H groups in total. The molecule has 0 aromatic rings. The van der Waals surface area contributed by atoms with Crippen molar-refractivity contribution in [1.82, 2.24) is 4.90 Å². The van der Waals surface area contributed by atoms with Crippen molar-refractivity contribution in [1.29, 1.82) is 0 Å². The number of rotatable bonds is 5. The van der Waals surface area contributed by atoms with E-state index in [1.165, 1.54) is 23.8 Å². The summed E-state index contributed by atoms with van der Waals surface area (Å²) in [5.41, 5.74) is 0. The second-order valence-corrected chi connectivity index (χ2v) is 4.35. The SMILES string of the molecule is COCC[C@@H]1SC=CN(CC(=O)OC)C1=O. The van der Waals surface area contributed by atoms with Gasteiger partial charge in [-0.1, -0.05) is 0 Å². The van der Waals surface area contributed by atoms with Gasteiger partial charge in [-0.2, -0.15) is 0 Å². The fourth-order valence-corrected chi connectivity index (χ4v) is 2.16. The first-order valence-corrected chi connectivity index (χ1v) is 5.81. The van der Waals surface area contributed by atoms with Crippen LogP contribution in [0.25, 0.3) is 0 Å². The van der Waals surface area contributed by atoms with E-state index in [4.69, 9.17) is 4.74 Å². The van der Waals surface area contributed by atoms with E-state index >= 15 is 0 Å². The van der Waals surface area contributed by atoms with Gasteiger partial charge in [0.1, 0.15) is 6.54 Å². The Hall–Kier alpha value is -1.01. The van der Waals surface area contributed by atoms with Gasteiger partial charge in [-0.3, -0.25) is 9.59 Å². The summed E-state index contributed by atoms with van der Waals surface area (Å²) in [7, 11) is 2.90. The largest absolute Gasteiger partial charge is 0.468 e. The van der Waals surface area contributed by atoms with Crippen molar-refractivity contribution in [2.75, 3.05) is 27.4 Å². The number of hydrogen-bond donors (Lipinski definition) is 0. The maximum atomic E-state index is 11.9. The Kier molecular flexibility index (Phi) is 5.34. The highest BCUT2D eigenvalue weighted by molar-refractivity contribution is 8.03. The summed E-state index contributed by atoms with van der Waals surface area (Å²) >= 11 is 1.45. The Balaban J connectivity index is 2.53. The van der Waals surface area contributed by atoms with Gasteiger partial charge in [0, 0.05) is 19.9 Å². The molecular weight excluding hydrogens is 230 g/mol. The zero-order valence-corrected chi connectivity index (χ0v) is 10.2. The van der Waals surface area contributed by atoms with Crippen LogP contribution in [-0.4, -0.2) is 49.4 Å². The van der Waals surface area contributed by atoms with Crippen molar-refractivity contribution in [3.8, 4) is 0 Å². The number of thioether (sulfide) groups is 1. The summed E-state index contributed by atoms with van der Waals surface area (Å²) in [6.45, 7) is 0.499. The molecule has 1 aliphatic heterocycles. The van der Waals surface area contributed by atoms with Gasteiger partial charge in [-0.05, 0) is 11.8 Å². The third kappa shape index (κ3) is 3.53. The van der Waals surface area contributed by atoms with Crippen molar-refractivity contribution in [3.05, 3.63) is 11.6 Å². The van der Waals surface area contributed by atoms with E-state index in [-0.39, 0.29) is 17.7 Å². The smallest absolute Gasteiger partial charge is 0.325 e. The van der Waals surface area contributed by atoms with Crippen molar-refractivity contribution >= 4 is 23.6 Å². The van der Waals surface area contributed by atoms with Crippen molar-refractivity contribution in [2.45, 2.75) is 11.7 Å². The van der Waals surface area contributed by atoms with Gasteiger partial charge in [0.2, 0.25) is 5.91 Å². The molecule has 1 amide bonds. The first-order chi connectivity index (χ1) is 7.69. The van der Waals surface area contributed by atoms with Crippen LogP contribution in [0.5, 0.6) is 0 Å². The number of carbonyl (C=O) groups is 2. The molecule has 1 atom stereocenters. The molecule has 16 heavy (non-hydrogen) atoms. The first kappa shape index (κ1) is 13.1. The van der Waals surface area contributed by atoms with E-state index in [1.807, 2.05) is 5.41 Å². The highest BCUT2D eigenvalue weighted by Gasteiger charge is 2.27. The molecule has 6 heteroatoms. The molecule has 1 rings (SSSR count). The molecule has 5 nitrogen and oxygen atoms in total. The zero-order valence-electron chi connectivity index (χ0n) is 9.34. The summed E-state index contributed by atoms with van der Waals surface area (Å²) < 4.78 is 9.45. The zero-order chi connectivity index (χ0) is 12.0.